The Balaban J connectivity index is 1.84. The molecular formula is C20H17N3O2. The molecule has 1 heterocycles. The number of anilines is 1. The van der Waals surface area contributed by atoms with Gasteiger partial charge in [0, 0.05) is 23.6 Å². The second kappa shape index (κ2) is 7.56. The first kappa shape index (κ1) is 16.6. The molecule has 3 aromatic rings. The first-order valence-electron chi connectivity index (χ1n) is 7.88. The van der Waals surface area contributed by atoms with Gasteiger partial charge in [-0.3, -0.25) is 20.1 Å². The van der Waals surface area contributed by atoms with Crippen LogP contribution in [0.2, 0.25) is 0 Å². The number of carbonyl (C=O) groups is 1. The number of pyridine rings is 1. The number of nitrogens with one attached hydrogen (secondary N) is 1. The number of ketones is 1. The van der Waals surface area contributed by atoms with Gasteiger partial charge in [-0.15, -0.1) is 0 Å². The van der Waals surface area contributed by atoms with Crippen molar-refractivity contribution in [1.29, 1.82) is 5.26 Å². The summed E-state index contributed by atoms with van der Waals surface area (Å²) in [6.45, 7) is 0. The van der Waals surface area contributed by atoms with E-state index in [4.69, 9.17) is 4.84 Å². The van der Waals surface area contributed by atoms with Gasteiger partial charge in [0.2, 0.25) is 0 Å². The highest BCUT2D eigenvalue weighted by molar-refractivity contribution is 5.97. The Kier molecular flexibility index (Phi) is 5.03. The van der Waals surface area contributed by atoms with Crippen molar-refractivity contribution < 1.29 is 9.63 Å². The summed E-state index contributed by atoms with van der Waals surface area (Å²) in [5.41, 5.74) is 5.69. The van der Waals surface area contributed by atoms with E-state index < -0.39 is 5.92 Å². The largest absolute Gasteiger partial charge is 0.294 e. The van der Waals surface area contributed by atoms with Crippen molar-refractivity contribution in [3.05, 3.63) is 71.9 Å². The van der Waals surface area contributed by atoms with Gasteiger partial charge < -0.3 is 0 Å². The van der Waals surface area contributed by atoms with Gasteiger partial charge in [-0.05, 0) is 42.0 Å². The predicted octanol–water partition coefficient (Wildman–Crippen LogP) is 4.09. The highest BCUT2D eigenvalue weighted by Gasteiger charge is 2.19. The van der Waals surface area contributed by atoms with Crippen LogP contribution in [-0.4, -0.2) is 17.9 Å². The third-order valence-corrected chi connectivity index (χ3v) is 4.03. The van der Waals surface area contributed by atoms with Crippen molar-refractivity contribution in [3.8, 4) is 6.07 Å². The van der Waals surface area contributed by atoms with Gasteiger partial charge in [-0.25, -0.2) is 0 Å². The molecule has 1 atom stereocenters. The number of rotatable bonds is 6. The number of benzene rings is 2. The fraction of sp³-hybridized carbons (Fsp3) is 0.150. The Morgan fingerprint density at radius 3 is 2.72 bits per heavy atom. The van der Waals surface area contributed by atoms with Gasteiger partial charge in [0.05, 0.1) is 30.3 Å². The third kappa shape index (κ3) is 3.65. The van der Waals surface area contributed by atoms with E-state index in [1.807, 2.05) is 30.3 Å². The zero-order valence-corrected chi connectivity index (χ0v) is 13.8. The number of aromatic nitrogens is 1. The molecular weight excluding hydrogens is 314 g/mol. The molecule has 5 heteroatoms. The van der Waals surface area contributed by atoms with E-state index in [-0.39, 0.29) is 12.2 Å². The van der Waals surface area contributed by atoms with E-state index in [9.17, 15) is 10.1 Å². The van der Waals surface area contributed by atoms with Gasteiger partial charge >= 0.3 is 0 Å². The first-order valence-corrected chi connectivity index (χ1v) is 7.88. The number of fused-ring (bicyclic) bond motifs is 1. The van der Waals surface area contributed by atoms with E-state index in [1.54, 1.807) is 30.5 Å². The van der Waals surface area contributed by atoms with Crippen molar-refractivity contribution >= 4 is 22.4 Å². The van der Waals surface area contributed by atoms with Crippen LogP contribution in [0.1, 0.15) is 28.3 Å². The van der Waals surface area contributed by atoms with Crippen LogP contribution in [-0.2, 0) is 4.84 Å². The summed E-state index contributed by atoms with van der Waals surface area (Å²) in [5.74, 6) is -0.589. The maximum Gasteiger partial charge on any atom is 0.164 e. The second-order valence-corrected chi connectivity index (χ2v) is 5.61. The van der Waals surface area contributed by atoms with Gasteiger partial charge in [-0.1, -0.05) is 18.2 Å². The van der Waals surface area contributed by atoms with Crippen LogP contribution < -0.4 is 5.48 Å². The summed E-state index contributed by atoms with van der Waals surface area (Å²) in [6, 6.07) is 18.7. The lowest BCUT2D eigenvalue weighted by Crippen LogP contribution is -2.07. The Bertz CT molecular complexity index is 924. The van der Waals surface area contributed by atoms with E-state index in [1.165, 1.54) is 7.11 Å². The minimum absolute atomic E-state index is 0.0728. The quantitative estimate of drug-likeness (QED) is 0.544. The van der Waals surface area contributed by atoms with Crippen molar-refractivity contribution in [3.63, 3.8) is 0 Å². The molecule has 5 nitrogen and oxygen atoms in total. The molecule has 1 aromatic heterocycles. The monoisotopic (exact) mass is 331 g/mol. The SMILES string of the molecule is CONc1ccc(C(=O)CC(C#N)c2cccc3ncccc23)cc1. The van der Waals surface area contributed by atoms with E-state index in [2.05, 4.69) is 16.5 Å². The van der Waals surface area contributed by atoms with Crippen LogP contribution in [0.3, 0.4) is 0 Å². The molecule has 0 bridgehead atoms. The Hall–Kier alpha value is -3.23. The Labute approximate surface area is 145 Å². The lowest BCUT2D eigenvalue weighted by molar-refractivity contribution is 0.0979. The normalized spacial score (nSPS) is 11.7. The number of hydrogen-bond acceptors (Lipinski definition) is 5. The Morgan fingerprint density at radius 2 is 2.00 bits per heavy atom. The van der Waals surface area contributed by atoms with Crippen molar-refractivity contribution in [2.45, 2.75) is 12.3 Å². The topological polar surface area (TPSA) is 75.0 Å². The number of nitriles is 1. The maximum absolute atomic E-state index is 12.6. The average molecular weight is 331 g/mol. The van der Waals surface area contributed by atoms with Crippen LogP contribution in [0.15, 0.2) is 60.8 Å². The molecule has 0 saturated carbocycles. The van der Waals surface area contributed by atoms with Crippen molar-refractivity contribution in [1.82, 2.24) is 4.98 Å². The molecule has 0 spiro atoms. The summed E-state index contributed by atoms with van der Waals surface area (Å²) in [5, 5.41) is 10.5. The molecule has 124 valence electrons. The zero-order chi connectivity index (χ0) is 17.6. The molecule has 0 aliphatic heterocycles. The highest BCUT2D eigenvalue weighted by atomic mass is 16.6. The molecule has 2 aromatic carbocycles. The van der Waals surface area contributed by atoms with Gasteiger partial charge in [0.1, 0.15) is 0 Å². The Morgan fingerprint density at radius 1 is 1.20 bits per heavy atom. The van der Waals surface area contributed by atoms with E-state index >= 15 is 0 Å². The molecule has 1 unspecified atom stereocenters. The molecule has 0 fully saturated rings. The summed E-state index contributed by atoms with van der Waals surface area (Å²) in [7, 11) is 1.52. The van der Waals surface area contributed by atoms with E-state index in [0.717, 1.165) is 22.2 Å². The minimum atomic E-state index is -0.517. The van der Waals surface area contributed by atoms with E-state index in [0.29, 0.717) is 5.56 Å². The van der Waals surface area contributed by atoms with Crippen LogP contribution in [0.5, 0.6) is 0 Å². The fourth-order valence-electron chi connectivity index (χ4n) is 2.80. The number of nitrogens with zero attached hydrogens (tertiary/aromatic N) is 2. The molecule has 0 radical (unpaired) electrons. The molecule has 0 amide bonds. The summed E-state index contributed by atoms with van der Waals surface area (Å²) in [6.07, 6.45) is 1.84. The minimum Gasteiger partial charge on any atom is -0.294 e. The highest BCUT2D eigenvalue weighted by Crippen LogP contribution is 2.28. The van der Waals surface area contributed by atoms with Crippen LogP contribution in [0.25, 0.3) is 10.9 Å². The number of Topliss-reactive ketones (excluding diaryl/α,β-unsaturated/α-hetero) is 1. The standard InChI is InChI=1S/C20H17N3O2/c1-25-23-16-9-7-14(8-10-16)20(24)12-15(13-21)17-4-2-6-19-18(17)5-3-11-22-19/h2-11,15,23H,12H2,1H3. The molecule has 25 heavy (non-hydrogen) atoms. The van der Waals surface area contributed by atoms with Crippen LogP contribution in [0, 0.1) is 11.3 Å². The molecule has 3 rings (SSSR count). The van der Waals surface area contributed by atoms with Crippen molar-refractivity contribution in [2.24, 2.45) is 0 Å². The number of carbonyl (C=O) groups excluding carboxylic acids is 1. The molecule has 0 aliphatic carbocycles. The maximum atomic E-state index is 12.6. The summed E-state index contributed by atoms with van der Waals surface area (Å²) < 4.78 is 0. The summed E-state index contributed by atoms with van der Waals surface area (Å²) >= 11 is 0. The predicted molar refractivity (Wildman–Crippen MR) is 96.1 cm³/mol. The molecule has 0 saturated heterocycles. The fourth-order valence-corrected chi connectivity index (χ4v) is 2.80. The lowest BCUT2D eigenvalue weighted by Gasteiger charge is -2.12. The van der Waals surface area contributed by atoms with Gasteiger partial charge in [0.15, 0.2) is 5.78 Å². The zero-order valence-electron chi connectivity index (χ0n) is 13.8. The first-order chi connectivity index (χ1) is 12.2. The van der Waals surface area contributed by atoms with Gasteiger partial charge in [-0.2, -0.15) is 5.26 Å². The average Bonchev–Trinajstić information content (AvgIpc) is 2.66. The summed E-state index contributed by atoms with van der Waals surface area (Å²) in [4.78, 5) is 21.7. The third-order valence-electron chi connectivity index (χ3n) is 4.03. The van der Waals surface area contributed by atoms with Crippen LogP contribution in [0.4, 0.5) is 5.69 Å². The van der Waals surface area contributed by atoms with Crippen LogP contribution >= 0.6 is 0 Å². The molecule has 0 aliphatic rings. The number of hydrogen-bond donors (Lipinski definition) is 1. The van der Waals surface area contributed by atoms with Gasteiger partial charge in [0.25, 0.3) is 0 Å². The smallest absolute Gasteiger partial charge is 0.164 e. The lowest BCUT2D eigenvalue weighted by atomic mass is 9.90. The molecule has 1 N–H and O–H groups in total. The second-order valence-electron chi connectivity index (χ2n) is 5.61. The van der Waals surface area contributed by atoms with Crippen molar-refractivity contribution in [2.75, 3.05) is 12.6 Å².